The summed E-state index contributed by atoms with van der Waals surface area (Å²) in [7, 11) is 2.15. The van der Waals surface area contributed by atoms with E-state index in [1.807, 2.05) is 12.1 Å². The second-order valence-corrected chi connectivity index (χ2v) is 12.4. The van der Waals surface area contributed by atoms with Crippen LogP contribution in [0.2, 0.25) is 0 Å². The summed E-state index contributed by atoms with van der Waals surface area (Å²) in [5.74, 6) is 1.72. The Kier molecular flexibility index (Phi) is 12.7. The highest BCUT2D eigenvalue weighted by molar-refractivity contribution is 7.16. The van der Waals surface area contributed by atoms with E-state index in [1.165, 1.54) is 4.88 Å². The molecule has 11 nitrogen and oxygen atoms in total. The highest BCUT2D eigenvalue weighted by Gasteiger charge is 2.20. The largest absolute Gasteiger partial charge is 0.494 e. The van der Waals surface area contributed by atoms with E-state index in [0.29, 0.717) is 18.8 Å². The molecule has 1 aromatic heterocycles. The van der Waals surface area contributed by atoms with Gasteiger partial charge >= 0.3 is 0 Å². The molecule has 0 saturated carbocycles. The van der Waals surface area contributed by atoms with Crippen molar-refractivity contribution in [2.75, 3.05) is 90.9 Å². The maximum Gasteiger partial charge on any atom is 0.185 e. The fraction of sp³-hybridized carbons (Fsp3) is 0.515. The first-order valence-electron chi connectivity index (χ1n) is 15.8. The monoisotopic (exact) mass is 638 g/mol. The lowest BCUT2D eigenvalue weighted by Gasteiger charge is -2.28. The van der Waals surface area contributed by atoms with Crippen LogP contribution in [0.3, 0.4) is 0 Å². The Labute approximate surface area is 270 Å². The van der Waals surface area contributed by atoms with Crippen LogP contribution in [-0.4, -0.2) is 112 Å². The number of ether oxygens (including phenoxy) is 4. The molecular formula is C33H46N6O5S. The van der Waals surface area contributed by atoms with Crippen LogP contribution in [0.25, 0.3) is 11.3 Å². The number of amidine groups is 1. The Hall–Kier alpha value is -3.42. The lowest BCUT2D eigenvalue weighted by Crippen LogP contribution is -2.40. The quantitative estimate of drug-likeness (QED) is 0.0780. The minimum absolute atomic E-state index is 0.0838. The average molecular weight is 639 g/mol. The van der Waals surface area contributed by atoms with Crippen LogP contribution >= 0.6 is 11.3 Å². The fourth-order valence-electron chi connectivity index (χ4n) is 5.26. The number of rotatable bonds is 16. The Morgan fingerprint density at radius 3 is 2.07 bits per heavy atom. The minimum Gasteiger partial charge on any atom is -0.494 e. The van der Waals surface area contributed by atoms with Gasteiger partial charge in [0.05, 0.1) is 45.3 Å². The molecule has 3 aromatic rings. The van der Waals surface area contributed by atoms with Crippen LogP contribution in [0, 0.1) is 0 Å². The molecule has 0 spiro atoms. The van der Waals surface area contributed by atoms with Gasteiger partial charge in [-0.15, -0.1) is 0 Å². The number of thiazole rings is 1. The van der Waals surface area contributed by atoms with E-state index in [4.69, 9.17) is 34.9 Å². The summed E-state index contributed by atoms with van der Waals surface area (Å²) >= 11 is 1.80. The molecular weight excluding hydrogens is 592 g/mol. The van der Waals surface area contributed by atoms with Gasteiger partial charge in [0.25, 0.3) is 0 Å². The number of nitrogens with two attached hydrogens (primary N) is 1. The van der Waals surface area contributed by atoms with Crippen molar-refractivity contribution in [2.24, 2.45) is 10.9 Å². The molecule has 2 saturated heterocycles. The van der Waals surface area contributed by atoms with Crippen LogP contribution in [0.5, 0.6) is 11.5 Å². The number of unbranched alkanes of at least 4 members (excludes halogenated alkanes) is 2. The minimum atomic E-state index is 0.0838. The molecule has 2 aliphatic heterocycles. The molecule has 5 rings (SSSR count). The summed E-state index contributed by atoms with van der Waals surface area (Å²) in [5, 5.41) is 12.8. The number of nitrogens with zero attached hydrogens (tertiary/aromatic N) is 5. The smallest absolute Gasteiger partial charge is 0.185 e. The summed E-state index contributed by atoms with van der Waals surface area (Å²) in [5.41, 5.74) is 8.43. The number of anilines is 1. The highest BCUT2D eigenvalue weighted by atomic mass is 32.1. The molecule has 0 bridgehead atoms. The van der Waals surface area contributed by atoms with Crippen molar-refractivity contribution in [1.29, 1.82) is 0 Å². The predicted octanol–water partition coefficient (Wildman–Crippen LogP) is 4.13. The van der Waals surface area contributed by atoms with Gasteiger partial charge in [-0.3, -0.25) is 9.80 Å². The Morgan fingerprint density at radius 1 is 0.889 bits per heavy atom. The topological polar surface area (TPSA) is 118 Å². The van der Waals surface area contributed by atoms with E-state index < -0.39 is 0 Å². The van der Waals surface area contributed by atoms with E-state index in [0.717, 1.165) is 119 Å². The SMILES string of the molecule is CN(CCN1CCOCC1)c1nc(-c2ccc(OCCCCCOc3ccc(/C(N)=N\O)cc3)cc2)c(CN2CCOCC2)s1. The molecule has 2 aliphatic rings. The molecule has 0 aliphatic carbocycles. The zero-order valence-corrected chi connectivity index (χ0v) is 27.1. The number of likely N-dealkylation sites (N-methyl/N-ethyl adjacent to an activating group) is 1. The van der Waals surface area contributed by atoms with Gasteiger partial charge in [-0.25, -0.2) is 4.98 Å². The first-order chi connectivity index (χ1) is 22.1. The maximum atomic E-state index is 8.77. The number of morpholine rings is 2. The van der Waals surface area contributed by atoms with Crippen LogP contribution < -0.4 is 20.1 Å². The first-order valence-corrected chi connectivity index (χ1v) is 16.7. The van der Waals surface area contributed by atoms with E-state index in [2.05, 4.69) is 51.2 Å². The van der Waals surface area contributed by atoms with Gasteiger partial charge in [0.15, 0.2) is 11.0 Å². The first kappa shape index (κ1) is 33.0. The van der Waals surface area contributed by atoms with Crippen molar-refractivity contribution in [3.63, 3.8) is 0 Å². The van der Waals surface area contributed by atoms with Crippen molar-refractivity contribution in [3.05, 3.63) is 59.0 Å². The number of oxime groups is 1. The summed E-state index contributed by atoms with van der Waals surface area (Å²) in [6.45, 7) is 11.2. The third kappa shape index (κ3) is 10.0. The number of hydrogen-bond acceptors (Lipinski definition) is 11. The van der Waals surface area contributed by atoms with Crippen molar-refractivity contribution in [1.82, 2.24) is 14.8 Å². The van der Waals surface area contributed by atoms with Crippen molar-refractivity contribution in [3.8, 4) is 22.8 Å². The predicted molar refractivity (Wildman–Crippen MR) is 178 cm³/mol. The highest BCUT2D eigenvalue weighted by Crippen LogP contribution is 2.34. The van der Waals surface area contributed by atoms with E-state index in [9.17, 15) is 0 Å². The van der Waals surface area contributed by atoms with Gasteiger partial charge in [0.1, 0.15) is 11.5 Å². The van der Waals surface area contributed by atoms with Gasteiger partial charge in [0.2, 0.25) is 0 Å². The van der Waals surface area contributed by atoms with E-state index in [1.54, 1.807) is 23.5 Å². The Morgan fingerprint density at radius 2 is 1.47 bits per heavy atom. The fourth-order valence-corrected chi connectivity index (χ4v) is 6.37. The standard InChI is InChI=1S/C33H46N6O5S/c1-37(13-14-38-15-21-41-22-16-38)33-35-31(30(45-33)25-39-17-23-42-24-18-39)26-5-9-28(10-6-26)43-19-3-2-4-20-44-29-11-7-27(8-12-29)32(34)36-40/h5-12,40H,2-4,13-25H2,1H3,(H2,34,36). The maximum absolute atomic E-state index is 8.77. The molecule has 244 valence electrons. The molecule has 2 aromatic carbocycles. The molecule has 0 unspecified atom stereocenters. The number of aromatic nitrogens is 1. The second-order valence-electron chi connectivity index (χ2n) is 11.3. The van der Waals surface area contributed by atoms with Crippen molar-refractivity contribution >= 4 is 22.3 Å². The van der Waals surface area contributed by atoms with E-state index in [-0.39, 0.29) is 5.84 Å². The second kappa shape index (κ2) is 17.3. The van der Waals surface area contributed by atoms with Crippen LogP contribution in [0.1, 0.15) is 29.7 Å². The van der Waals surface area contributed by atoms with E-state index >= 15 is 0 Å². The number of hydrogen-bond donors (Lipinski definition) is 2. The Balaban J connectivity index is 1.09. The lowest BCUT2D eigenvalue weighted by molar-refractivity contribution is 0.0347. The third-order valence-electron chi connectivity index (χ3n) is 8.05. The molecule has 3 N–H and O–H groups in total. The normalized spacial score (nSPS) is 16.5. The molecule has 45 heavy (non-hydrogen) atoms. The lowest BCUT2D eigenvalue weighted by atomic mass is 10.1. The molecule has 0 atom stereocenters. The van der Waals surface area contributed by atoms with Gasteiger partial charge in [0, 0.05) is 68.9 Å². The summed E-state index contributed by atoms with van der Waals surface area (Å²) in [6.07, 6.45) is 2.89. The summed E-state index contributed by atoms with van der Waals surface area (Å²) in [4.78, 5) is 13.7. The average Bonchev–Trinajstić information content (AvgIpc) is 3.51. The van der Waals surface area contributed by atoms with Crippen LogP contribution in [0.15, 0.2) is 53.7 Å². The van der Waals surface area contributed by atoms with Crippen molar-refractivity contribution < 1.29 is 24.2 Å². The van der Waals surface area contributed by atoms with Gasteiger partial charge in [-0.2, -0.15) is 0 Å². The molecule has 3 heterocycles. The zero-order chi connectivity index (χ0) is 31.3. The number of benzene rings is 2. The third-order valence-corrected chi connectivity index (χ3v) is 9.20. The summed E-state index contributed by atoms with van der Waals surface area (Å²) < 4.78 is 22.9. The zero-order valence-electron chi connectivity index (χ0n) is 26.2. The van der Waals surface area contributed by atoms with Gasteiger partial charge < -0.3 is 34.8 Å². The summed E-state index contributed by atoms with van der Waals surface area (Å²) in [6, 6.07) is 15.5. The van der Waals surface area contributed by atoms with Gasteiger partial charge in [-0.1, -0.05) is 16.5 Å². The Bertz CT molecular complexity index is 1320. The van der Waals surface area contributed by atoms with Crippen LogP contribution in [0.4, 0.5) is 5.13 Å². The molecule has 0 radical (unpaired) electrons. The molecule has 0 amide bonds. The molecule has 12 heteroatoms. The van der Waals surface area contributed by atoms with Gasteiger partial charge in [-0.05, 0) is 67.8 Å². The molecule has 2 fully saturated rings. The van der Waals surface area contributed by atoms with Crippen LogP contribution in [-0.2, 0) is 16.0 Å². The van der Waals surface area contributed by atoms with Crippen molar-refractivity contribution in [2.45, 2.75) is 25.8 Å².